The predicted molar refractivity (Wildman–Crippen MR) is 23.0 cm³/mol. The Bertz CT molecular complexity index is 8.00. The van der Waals surface area contributed by atoms with E-state index < -0.39 is 0 Å². The van der Waals surface area contributed by atoms with E-state index in [4.69, 9.17) is 0 Å². The molecule has 0 aliphatic heterocycles. The third-order valence-electron chi connectivity index (χ3n) is 0. The van der Waals surface area contributed by atoms with Crippen LogP contribution in [0.1, 0.15) is 0 Å². The van der Waals surface area contributed by atoms with E-state index in [0.717, 1.165) is 0 Å². The molecule has 4 heavy (non-hydrogen) atoms. The summed E-state index contributed by atoms with van der Waals surface area (Å²) in [6, 6.07) is 0. The summed E-state index contributed by atoms with van der Waals surface area (Å²) < 4.78 is 0. The molecule has 0 nitrogen and oxygen atoms in total. The van der Waals surface area contributed by atoms with Crippen LogP contribution >= 0.6 is 0 Å². The second kappa shape index (κ2) is 15.6. The Hall–Kier alpha value is 4.53. The van der Waals surface area contributed by atoms with Crippen molar-refractivity contribution in [2.75, 3.05) is 0 Å². The molecule has 0 aromatic rings. The Morgan fingerprint density at radius 3 is 1.00 bits per heavy atom. The van der Waals surface area contributed by atoms with E-state index in [1.54, 1.807) is 0 Å². The van der Waals surface area contributed by atoms with Crippen molar-refractivity contribution in [1.29, 1.82) is 0 Å². The van der Waals surface area contributed by atoms with Crippen molar-refractivity contribution in [3.63, 3.8) is 0 Å². The van der Waals surface area contributed by atoms with Crippen LogP contribution in [0.5, 0.6) is 0 Å². The van der Waals surface area contributed by atoms with Gasteiger partial charge in [0.25, 0.3) is 0 Å². The Morgan fingerprint density at radius 1 is 1.00 bits per heavy atom. The molecule has 0 saturated heterocycles. The maximum absolute atomic E-state index is 0. The van der Waals surface area contributed by atoms with Gasteiger partial charge in [0.15, 0.2) is 0 Å². The Balaban J connectivity index is 0. The number of hydrogen-bond acceptors (Lipinski definition) is 0. The van der Waals surface area contributed by atoms with Gasteiger partial charge < -0.3 is 0 Å². The molecule has 0 unspecified atom stereocenters. The van der Waals surface area contributed by atoms with Gasteiger partial charge in [0, 0.05) is 146 Å². The molecule has 4 heteroatoms. The minimum Gasteiger partial charge on any atom is 0 e. The van der Waals surface area contributed by atoms with Gasteiger partial charge in [-0.25, -0.2) is 0 Å². The van der Waals surface area contributed by atoms with E-state index in [1.807, 2.05) is 0 Å². The van der Waals surface area contributed by atoms with E-state index in [-0.39, 0.29) is 146 Å². The van der Waals surface area contributed by atoms with Gasteiger partial charge in [0.05, 0.1) is 0 Å². The normalized spacial score (nSPS) is 0. The first-order valence-electron chi connectivity index (χ1n) is 0. The molecule has 0 bridgehead atoms. The smallest absolute Gasteiger partial charge is 0 e. The van der Waals surface area contributed by atoms with Gasteiger partial charge in [0.1, 0.15) is 0 Å². The number of rotatable bonds is 0. The Labute approximate surface area is 141 Å². The zero-order valence-corrected chi connectivity index (χ0v) is 12.8. The summed E-state index contributed by atoms with van der Waals surface area (Å²) in [7, 11) is 0. The molecule has 0 aliphatic rings. The monoisotopic (exact) mass is 228 g/mol. The fourth-order valence-corrected chi connectivity index (χ4v) is 0. The van der Waals surface area contributed by atoms with E-state index in [0.29, 0.717) is 0 Å². The fraction of sp³-hybridized carbons (Fsp3) is 0. The third-order valence-corrected chi connectivity index (χ3v) is 0. The first-order chi connectivity index (χ1) is 0. The van der Waals surface area contributed by atoms with E-state index >= 15 is 0 Å². The van der Waals surface area contributed by atoms with Crippen LogP contribution in [0.2, 0.25) is 0 Å². The van der Waals surface area contributed by atoms with Crippen molar-refractivity contribution >= 4 is 146 Å². The van der Waals surface area contributed by atoms with Crippen LogP contribution in [0.25, 0.3) is 0 Å². The minimum absolute atomic E-state index is 0. The van der Waals surface area contributed by atoms with Gasteiger partial charge in [-0.15, -0.1) is 0 Å². The van der Waals surface area contributed by atoms with Crippen LogP contribution < -0.4 is 0 Å². The van der Waals surface area contributed by atoms with Crippen LogP contribution in [-0.2, 0) is 0 Å². The third kappa shape index (κ3) is 9.73. The molecule has 0 amide bonds. The van der Waals surface area contributed by atoms with Gasteiger partial charge >= 0.3 is 0 Å². The molecule has 0 aromatic carbocycles. The zero-order chi connectivity index (χ0) is 0. The molecule has 0 atom stereocenters. The summed E-state index contributed by atoms with van der Waals surface area (Å²) >= 11 is 0. The summed E-state index contributed by atoms with van der Waals surface area (Å²) in [6.07, 6.45) is 0. The molecular formula is BBaCaK. The zero-order valence-electron chi connectivity index (χ0n) is 2.99. The summed E-state index contributed by atoms with van der Waals surface area (Å²) in [6.45, 7) is 0. The van der Waals surface area contributed by atoms with E-state index in [2.05, 4.69) is 0 Å². The predicted octanol–water partition coefficient (Wildman–Crippen LogP) is -1.52. The molecule has 0 aliphatic carbocycles. The van der Waals surface area contributed by atoms with Crippen molar-refractivity contribution in [2.24, 2.45) is 0 Å². The average Bonchev–Trinajstić information content (AvgIpc) is 0. The van der Waals surface area contributed by atoms with Crippen molar-refractivity contribution in [3.05, 3.63) is 0 Å². The SMILES string of the molecule is [B].[Ba].[Ca].[K]. The molecule has 0 heterocycles. The standard InChI is InChI=1S/B.Ba.Ca.K. The maximum Gasteiger partial charge on any atom is 0 e. The molecular weight excluding hydrogens is 227 g/mol. The van der Waals surface area contributed by atoms with E-state index in [9.17, 15) is 0 Å². The largest absolute Gasteiger partial charge is 0 e. The second-order valence-corrected chi connectivity index (χ2v) is 0. The first-order valence-corrected chi connectivity index (χ1v) is 0. The van der Waals surface area contributed by atoms with Gasteiger partial charge in [0.2, 0.25) is 0 Å². The van der Waals surface area contributed by atoms with Gasteiger partial charge in [-0.2, -0.15) is 0 Å². The maximum atomic E-state index is 0. The van der Waals surface area contributed by atoms with Crippen LogP contribution in [-0.4, -0.2) is 146 Å². The molecule has 0 rings (SSSR count). The van der Waals surface area contributed by atoms with E-state index in [1.165, 1.54) is 0 Å². The van der Waals surface area contributed by atoms with Crippen molar-refractivity contribution in [2.45, 2.75) is 0 Å². The van der Waals surface area contributed by atoms with Crippen molar-refractivity contribution < 1.29 is 0 Å². The number of hydrogen-bond donors (Lipinski definition) is 0. The molecule has 0 N–H and O–H groups in total. The van der Waals surface area contributed by atoms with Crippen LogP contribution in [0.15, 0.2) is 0 Å². The quantitative estimate of drug-likeness (QED) is 0.441. The molecule has 0 spiro atoms. The summed E-state index contributed by atoms with van der Waals surface area (Å²) in [4.78, 5) is 0. The second-order valence-electron chi connectivity index (χ2n) is 0. The van der Waals surface area contributed by atoms with Crippen molar-refractivity contribution in [1.82, 2.24) is 0 Å². The summed E-state index contributed by atoms with van der Waals surface area (Å²) in [5, 5.41) is 0. The Morgan fingerprint density at radius 2 is 1.00 bits per heavy atom. The molecule has 0 fully saturated rings. The first kappa shape index (κ1) is 23.6. The molecule has 8 valence electrons. The Kier molecular flexibility index (Phi) is 92.2. The van der Waals surface area contributed by atoms with Crippen LogP contribution in [0.4, 0.5) is 0 Å². The van der Waals surface area contributed by atoms with Crippen molar-refractivity contribution in [3.8, 4) is 0 Å². The summed E-state index contributed by atoms with van der Waals surface area (Å²) in [5.41, 5.74) is 0. The van der Waals surface area contributed by atoms with Gasteiger partial charge in [-0.1, -0.05) is 0 Å². The van der Waals surface area contributed by atoms with Crippen LogP contribution in [0, 0.1) is 0 Å². The van der Waals surface area contributed by atoms with Gasteiger partial charge in [-0.05, 0) is 0 Å². The minimum atomic E-state index is 0. The molecule has 0 aromatic heterocycles. The molecule has 8 radical (unpaired) electrons. The van der Waals surface area contributed by atoms with Gasteiger partial charge in [-0.3, -0.25) is 0 Å². The topological polar surface area (TPSA) is 0 Å². The summed E-state index contributed by atoms with van der Waals surface area (Å²) in [5.74, 6) is 0. The fourth-order valence-electron chi connectivity index (χ4n) is 0. The van der Waals surface area contributed by atoms with Crippen LogP contribution in [0.3, 0.4) is 0 Å². The molecule has 0 saturated carbocycles. The average molecular weight is 227 g/mol.